The van der Waals surface area contributed by atoms with Crippen molar-refractivity contribution in [3.63, 3.8) is 0 Å². The third-order valence-corrected chi connectivity index (χ3v) is 4.89. The van der Waals surface area contributed by atoms with Gasteiger partial charge in [0.05, 0.1) is 11.9 Å². The first kappa shape index (κ1) is 15.3. The number of nitrogens with zero attached hydrogens (tertiary/aromatic N) is 3. The SMILES string of the molecule is Cc1cc(C(=O)CSc2ncn[nH]2)c(C)n1C[C@H]1CCCO1. The molecular weight excluding hydrogens is 300 g/mol. The van der Waals surface area contributed by atoms with Gasteiger partial charge in [0.15, 0.2) is 10.9 Å². The fourth-order valence-electron chi connectivity index (χ4n) is 2.83. The first-order valence-electron chi connectivity index (χ1n) is 7.45. The smallest absolute Gasteiger partial charge is 0.183 e. The van der Waals surface area contributed by atoms with Gasteiger partial charge in [-0.3, -0.25) is 9.89 Å². The van der Waals surface area contributed by atoms with Gasteiger partial charge in [0.1, 0.15) is 6.33 Å². The number of hydrogen-bond acceptors (Lipinski definition) is 5. The summed E-state index contributed by atoms with van der Waals surface area (Å²) in [6.07, 6.45) is 3.95. The van der Waals surface area contributed by atoms with Crippen LogP contribution in [0.4, 0.5) is 0 Å². The predicted octanol–water partition coefficient (Wildman–Crippen LogP) is 2.38. The highest BCUT2D eigenvalue weighted by atomic mass is 32.2. The molecule has 0 radical (unpaired) electrons. The zero-order chi connectivity index (χ0) is 15.5. The third-order valence-electron chi connectivity index (χ3n) is 4.02. The highest BCUT2D eigenvalue weighted by molar-refractivity contribution is 7.99. The van der Waals surface area contributed by atoms with Crippen LogP contribution in [0.5, 0.6) is 0 Å². The predicted molar refractivity (Wildman–Crippen MR) is 84.3 cm³/mol. The van der Waals surface area contributed by atoms with Crippen LogP contribution >= 0.6 is 11.8 Å². The minimum Gasteiger partial charge on any atom is -0.376 e. The van der Waals surface area contributed by atoms with E-state index >= 15 is 0 Å². The van der Waals surface area contributed by atoms with Gasteiger partial charge in [0.2, 0.25) is 0 Å². The van der Waals surface area contributed by atoms with Crippen molar-refractivity contribution in [2.45, 2.75) is 44.5 Å². The van der Waals surface area contributed by atoms with E-state index in [1.54, 1.807) is 0 Å². The van der Waals surface area contributed by atoms with Gasteiger partial charge in [-0.2, -0.15) is 5.10 Å². The third kappa shape index (κ3) is 3.25. The lowest BCUT2D eigenvalue weighted by Crippen LogP contribution is -2.17. The molecule has 0 aliphatic carbocycles. The molecule has 118 valence electrons. The number of carbonyl (C=O) groups excluding carboxylic acids is 1. The molecule has 2 aromatic rings. The van der Waals surface area contributed by atoms with Crippen molar-refractivity contribution in [2.24, 2.45) is 0 Å². The maximum Gasteiger partial charge on any atom is 0.183 e. The average Bonchev–Trinajstić information content (AvgIpc) is 3.23. The van der Waals surface area contributed by atoms with E-state index in [9.17, 15) is 4.79 Å². The molecule has 0 bridgehead atoms. The summed E-state index contributed by atoms with van der Waals surface area (Å²) in [7, 11) is 0. The summed E-state index contributed by atoms with van der Waals surface area (Å²) in [6.45, 7) is 5.74. The number of H-pyrrole nitrogens is 1. The van der Waals surface area contributed by atoms with Crippen LogP contribution in [0.3, 0.4) is 0 Å². The zero-order valence-corrected chi connectivity index (χ0v) is 13.7. The molecule has 1 aliphatic heterocycles. The number of nitrogens with one attached hydrogen (secondary N) is 1. The molecule has 1 aliphatic rings. The summed E-state index contributed by atoms with van der Waals surface area (Å²) in [6, 6.07) is 1.98. The Morgan fingerprint density at radius 1 is 1.55 bits per heavy atom. The monoisotopic (exact) mass is 320 g/mol. The van der Waals surface area contributed by atoms with Crippen molar-refractivity contribution < 1.29 is 9.53 Å². The molecule has 1 N–H and O–H groups in total. The Morgan fingerprint density at radius 2 is 2.41 bits per heavy atom. The average molecular weight is 320 g/mol. The number of ether oxygens (including phenoxy) is 1. The Morgan fingerprint density at radius 3 is 3.09 bits per heavy atom. The summed E-state index contributed by atoms with van der Waals surface area (Å²) in [5, 5.41) is 7.20. The number of Topliss-reactive ketones (excluding diaryl/α,β-unsaturated/α-hetero) is 1. The number of rotatable bonds is 6. The summed E-state index contributed by atoms with van der Waals surface area (Å²) in [4.78, 5) is 16.5. The normalized spacial score (nSPS) is 18.0. The van der Waals surface area contributed by atoms with Crippen molar-refractivity contribution in [3.8, 4) is 0 Å². The molecule has 6 nitrogen and oxygen atoms in total. The maximum absolute atomic E-state index is 12.4. The van der Waals surface area contributed by atoms with Gasteiger partial charge < -0.3 is 9.30 Å². The van der Waals surface area contributed by atoms with Gasteiger partial charge in [-0.1, -0.05) is 11.8 Å². The molecule has 7 heteroatoms. The molecular formula is C15H20N4O2S. The van der Waals surface area contributed by atoms with Crippen molar-refractivity contribution >= 4 is 17.5 Å². The Hall–Kier alpha value is -1.60. The van der Waals surface area contributed by atoms with E-state index < -0.39 is 0 Å². The fraction of sp³-hybridized carbons (Fsp3) is 0.533. The van der Waals surface area contributed by atoms with Crippen LogP contribution in [0.15, 0.2) is 17.6 Å². The van der Waals surface area contributed by atoms with Gasteiger partial charge in [0.25, 0.3) is 0 Å². The van der Waals surface area contributed by atoms with E-state index in [1.807, 2.05) is 19.9 Å². The molecule has 3 heterocycles. The van der Waals surface area contributed by atoms with Gasteiger partial charge in [0, 0.05) is 30.1 Å². The fourth-order valence-corrected chi connectivity index (χ4v) is 3.49. The number of aryl methyl sites for hydroxylation is 1. The first-order chi connectivity index (χ1) is 10.6. The molecule has 1 atom stereocenters. The highest BCUT2D eigenvalue weighted by Gasteiger charge is 2.21. The van der Waals surface area contributed by atoms with Crippen LogP contribution in [-0.2, 0) is 11.3 Å². The van der Waals surface area contributed by atoms with Crippen LogP contribution in [0.25, 0.3) is 0 Å². The first-order valence-corrected chi connectivity index (χ1v) is 8.43. The second-order valence-corrected chi connectivity index (χ2v) is 6.50. The Labute approximate surface area is 133 Å². The van der Waals surface area contributed by atoms with Gasteiger partial charge in [-0.15, -0.1) is 0 Å². The standard InChI is InChI=1S/C15H20N4O2S/c1-10-6-13(14(20)8-22-15-16-9-17-18-15)11(2)19(10)7-12-4-3-5-21-12/h6,9,12H,3-5,7-8H2,1-2H3,(H,16,17,18)/t12-/m1/s1. The van der Waals surface area contributed by atoms with E-state index in [1.165, 1.54) is 18.1 Å². The molecule has 1 saturated heterocycles. The Kier molecular flexibility index (Phi) is 4.63. The number of aromatic amines is 1. The van der Waals surface area contributed by atoms with Crippen LogP contribution < -0.4 is 0 Å². The molecule has 1 fully saturated rings. The molecule has 0 saturated carbocycles. The molecule has 22 heavy (non-hydrogen) atoms. The van der Waals surface area contributed by atoms with E-state index in [0.29, 0.717) is 10.9 Å². The quantitative estimate of drug-likeness (QED) is 0.653. The minimum atomic E-state index is 0.119. The van der Waals surface area contributed by atoms with Crippen molar-refractivity contribution in [1.29, 1.82) is 0 Å². The Balaban J connectivity index is 1.69. The molecule has 2 aromatic heterocycles. The van der Waals surface area contributed by atoms with E-state index in [0.717, 1.165) is 42.9 Å². The number of aromatic nitrogens is 4. The van der Waals surface area contributed by atoms with Crippen LogP contribution in [0.2, 0.25) is 0 Å². The summed E-state index contributed by atoms with van der Waals surface area (Å²) >= 11 is 1.37. The largest absolute Gasteiger partial charge is 0.376 e. The summed E-state index contributed by atoms with van der Waals surface area (Å²) in [5.74, 6) is 0.479. The number of hydrogen-bond donors (Lipinski definition) is 1. The number of thioether (sulfide) groups is 1. The van der Waals surface area contributed by atoms with Crippen molar-refractivity contribution in [2.75, 3.05) is 12.4 Å². The minimum absolute atomic E-state index is 0.119. The lowest BCUT2D eigenvalue weighted by Gasteiger charge is -2.14. The van der Waals surface area contributed by atoms with E-state index in [4.69, 9.17) is 4.74 Å². The molecule has 0 amide bonds. The molecule has 0 aromatic carbocycles. The molecule has 0 spiro atoms. The van der Waals surface area contributed by atoms with E-state index in [2.05, 4.69) is 19.7 Å². The maximum atomic E-state index is 12.4. The number of ketones is 1. The van der Waals surface area contributed by atoms with Crippen LogP contribution in [-0.4, -0.2) is 44.0 Å². The van der Waals surface area contributed by atoms with Gasteiger partial charge >= 0.3 is 0 Å². The summed E-state index contributed by atoms with van der Waals surface area (Å²) < 4.78 is 7.90. The summed E-state index contributed by atoms with van der Waals surface area (Å²) in [5.41, 5.74) is 2.93. The van der Waals surface area contributed by atoms with Gasteiger partial charge in [-0.05, 0) is 32.8 Å². The van der Waals surface area contributed by atoms with E-state index in [-0.39, 0.29) is 11.9 Å². The van der Waals surface area contributed by atoms with Crippen molar-refractivity contribution in [3.05, 3.63) is 29.3 Å². The highest BCUT2D eigenvalue weighted by Crippen LogP contribution is 2.22. The Bertz CT molecular complexity index is 645. The van der Waals surface area contributed by atoms with Gasteiger partial charge in [-0.25, -0.2) is 4.98 Å². The lowest BCUT2D eigenvalue weighted by molar-refractivity contribution is 0.0957. The second kappa shape index (κ2) is 6.66. The second-order valence-electron chi connectivity index (χ2n) is 5.53. The molecule has 3 rings (SSSR count). The van der Waals surface area contributed by atoms with Crippen LogP contribution in [0, 0.1) is 13.8 Å². The van der Waals surface area contributed by atoms with Crippen LogP contribution in [0.1, 0.15) is 34.6 Å². The topological polar surface area (TPSA) is 72.8 Å². The molecule has 0 unspecified atom stereocenters. The van der Waals surface area contributed by atoms with Crippen molar-refractivity contribution in [1.82, 2.24) is 19.7 Å². The zero-order valence-electron chi connectivity index (χ0n) is 12.8. The lowest BCUT2D eigenvalue weighted by atomic mass is 10.2. The number of carbonyl (C=O) groups is 1.